The molecule has 0 atom stereocenters. The van der Waals surface area contributed by atoms with E-state index in [1.807, 2.05) is 71.3 Å². The van der Waals surface area contributed by atoms with E-state index >= 15 is 0 Å². The van der Waals surface area contributed by atoms with Crippen molar-refractivity contribution in [1.82, 2.24) is 19.9 Å². The second kappa shape index (κ2) is 12.8. The number of nitrogens with zero attached hydrogens (tertiary/aromatic N) is 4. The van der Waals surface area contributed by atoms with Gasteiger partial charge in [0.2, 0.25) is 0 Å². The molecule has 9 heteroatoms. The summed E-state index contributed by atoms with van der Waals surface area (Å²) in [7, 11) is 4.02. The summed E-state index contributed by atoms with van der Waals surface area (Å²) in [6.07, 6.45) is 1.77. The third-order valence-electron chi connectivity index (χ3n) is 4.55. The second-order valence-corrected chi connectivity index (χ2v) is 8.24. The number of rotatable bonds is 9. The number of nitrogens with one attached hydrogen (secondary N) is 3. The van der Waals surface area contributed by atoms with Crippen LogP contribution in [0, 0.1) is 12.3 Å². The van der Waals surface area contributed by atoms with E-state index in [4.69, 9.17) is 11.1 Å². The fraction of sp³-hybridized carbons (Fsp3) is 0.333. The molecule has 0 amide bonds. The van der Waals surface area contributed by atoms with E-state index in [9.17, 15) is 0 Å². The maximum absolute atomic E-state index is 8.07. The first-order chi connectivity index (χ1) is 15.8. The first kappa shape index (κ1) is 26.1. The molecule has 0 aliphatic rings. The number of hydrogen-bond donors (Lipinski definition) is 4. The van der Waals surface area contributed by atoms with Gasteiger partial charge >= 0.3 is 0 Å². The molecule has 0 bridgehead atoms. The number of nitrogens with two attached hydrogens (primary N) is 1. The summed E-state index contributed by atoms with van der Waals surface area (Å²) in [5.41, 5.74) is 9.99. The molecule has 0 spiro atoms. The van der Waals surface area contributed by atoms with Gasteiger partial charge in [0.15, 0.2) is 5.82 Å². The minimum absolute atomic E-state index is 0.301. The minimum atomic E-state index is 0.301. The SMILES string of the molecule is CC.CC(=N)c1c(N)nc(-c2ccc(NSc3ccccn3)c(C)c2)nc1NCCN(C)C. The van der Waals surface area contributed by atoms with E-state index in [0.717, 1.165) is 28.4 Å². The van der Waals surface area contributed by atoms with Crippen LogP contribution >= 0.6 is 11.9 Å². The standard InChI is InChI=1S/C22H28N8S.C2H6/c1-14-13-16(8-9-17(14)29-31-18-7-5-6-10-25-18)21-27-20(24)19(15(2)23)22(28-21)26-11-12-30(3)4;1-2/h5-10,13,23,29H,11-12H2,1-4H3,(H3,24,26,27,28);1-2H3. The highest BCUT2D eigenvalue weighted by Crippen LogP contribution is 2.29. The van der Waals surface area contributed by atoms with Crippen molar-refractivity contribution in [3.8, 4) is 11.4 Å². The predicted molar refractivity (Wildman–Crippen MR) is 141 cm³/mol. The van der Waals surface area contributed by atoms with Crippen LogP contribution in [0.4, 0.5) is 17.3 Å². The van der Waals surface area contributed by atoms with Gasteiger partial charge in [0.25, 0.3) is 0 Å². The van der Waals surface area contributed by atoms with Crippen LogP contribution in [0.2, 0.25) is 0 Å². The molecule has 176 valence electrons. The largest absolute Gasteiger partial charge is 0.383 e. The van der Waals surface area contributed by atoms with Crippen LogP contribution in [0.25, 0.3) is 11.4 Å². The number of hydrogen-bond acceptors (Lipinski definition) is 9. The van der Waals surface area contributed by atoms with Crippen LogP contribution in [-0.4, -0.2) is 52.7 Å². The highest BCUT2D eigenvalue weighted by molar-refractivity contribution is 8.00. The van der Waals surface area contributed by atoms with Crippen LogP contribution in [0.15, 0.2) is 47.6 Å². The number of anilines is 3. The number of pyridine rings is 1. The zero-order valence-electron chi connectivity index (χ0n) is 20.2. The average Bonchev–Trinajstić information content (AvgIpc) is 2.79. The summed E-state index contributed by atoms with van der Waals surface area (Å²) in [5, 5.41) is 12.3. The van der Waals surface area contributed by atoms with Crippen molar-refractivity contribution in [3.05, 3.63) is 53.7 Å². The Balaban J connectivity index is 0.00000187. The van der Waals surface area contributed by atoms with Gasteiger partial charge in [-0.15, -0.1) is 0 Å². The maximum atomic E-state index is 8.07. The van der Waals surface area contributed by atoms with Gasteiger partial charge in [0.1, 0.15) is 16.7 Å². The van der Waals surface area contributed by atoms with Gasteiger partial charge < -0.3 is 26.1 Å². The lowest BCUT2D eigenvalue weighted by Crippen LogP contribution is -2.22. The summed E-state index contributed by atoms with van der Waals surface area (Å²) in [5.74, 6) is 1.42. The van der Waals surface area contributed by atoms with Gasteiger partial charge in [-0.1, -0.05) is 19.9 Å². The molecule has 0 fully saturated rings. The summed E-state index contributed by atoms with van der Waals surface area (Å²) in [6, 6.07) is 11.8. The van der Waals surface area contributed by atoms with Gasteiger partial charge in [-0.3, -0.25) is 0 Å². The van der Waals surface area contributed by atoms with Crippen molar-refractivity contribution < 1.29 is 0 Å². The Kier molecular flexibility index (Phi) is 10.1. The quantitative estimate of drug-likeness (QED) is 0.259. The molecule has 2 heterocycles. The number of aryl methyl sites for hydroxylation is 1. The smallest absolute Gasteiger partial charge is 0.163 e. The van der Waals surface area contributed by atoms with Crippen molar-refractivity contribution in [2.75, 3.05) is 43.0 Å². The zero-order valence-corrected chi connectivity index (χ0v) is 21.0. The van der Waals surface area contributed by atoms with Gasteiger partial charge in [-0.05, 0) is 63.8 Å². The minimum Gasteiger partial charge on any atom is -0.383 e. The lowest BCUT2D eigenvalue weighted by Gasteiger charge is -2.16. The highest BCUT2D eigenvalue weighted by Gasteiger charge is 2.16. The van der Waals surface area contributed by atoms with Gasteiger partial charge in [0.05, 0.1) is 5.56 Å². The fourth-order valence-electron chi connectivity index (χ4n) is 2.93. The second-order valence-electron chi connectivity index (χ2n) is 7.41. The average molecular weight is 467 g/mol. The van der Waals surface area contributed by atoms with Crippen LogP contribution in [0.5, 0.6) is 0 Å². The monoisotopic (exact) mass is 466 g/mol. The van der Waals surface area contributed by atoms with Gasteiger partial charge in [0, 0.05) is 48.2 Å². The topological polar surface area (TPSA) is 116 Å². The number of aromatic nitrogens is 3. The molecular formula is C24H34N8S. The third kappa shape index (κ3) is 7.44. The maximum Gasteiger partial charge on any atom is 0.163 e. The normalized spacial score (nSPS) is 10.4. The van der Waals surface area contributed by atoms with Crippen LogP contribution in [0.1, 0.15) is 31.9 Å². The Labute approximate surface area is 201 Å². The molecule has 0 aliphatic carbocycles. The van der Waals surface area contributed by atoms with Gasteiger partial charge in [-0.2, -0.15) is 0 Å². The van der Waals surface area contributed by atoms with E-state index < -0.39 is 0 Å². The molecule has 3 aromatic rings. The third-order valence-corrected chi connectivity index (χ3v) is 5.32. The summed E-state index contributed by atoms with van der Waals surface area (Å²) in [4.78, 5) is 15.5. The molecule has 0 radical (unpaired) electrons. The van der Waals surface area contributed by atoms with Crippen molar-refractivity contribution in [2.45, 2.75) is 32.7 Å². The van der Waals surface area contributed by atoms with Crippen LogP contribution in [-0.2, 0) is 0 Å². The van der Waals surface area contributed by atoms with E-state index in [0.29, 0.717) is 35.3 Å². The fourth-order valence-corrected chi connectivity index (χ4v) is 3.64. The Morgan fingerprint density at radius 2 is 1.91 bits per heavy atom. The summed E-state index contributed by atoms with van der Waals surface area (Å²) >= 11 is 1.46. The summed E-state index contributed by atoms with van der Waals surface area (Å²) < 4.78 is 3.34. The first-order valence-corrected chi connectivity index (χ1v) is 11.7. The molecule has 3 rings (SSSR count). The molecule has 8 nitrogen and oxygen atoms in total. The lowest BCUT2D eigenvalue weighted by atomic mass is 10.1. The molecule has 0 saturated carbocycles. The number of benzene rings is 1. The van der Waals surface area contributed by atoms with Crippen molar-refractivity contribution >= 4 is 35.0 Å². The Hall–Kier alpha value is -3.17. The molecule has 0 unspecified atom stereocenters. The predicted octanol–water partition coefficient (Wildman–Crippen LogP) is 4.94. The van der Waals surface area contributed by atoms with Crippen LogP contribution < -0.4 is 15.8 Å². The lowest BCUT2D eigenvalue weighted by molar-refractivity contribution is 0.425. The number of likely N-dealkylation sites (N-methyl/N-ethyl adjacent to an activating group) is 1. The molecule has 1 aromatic carbocycles. The first-order valence-electron chi connectivity index (χ1n) is 10.9. The molecule has 0 saturated heterocycles. The van der Waals surface area contributed by atoms with Crippen molar-refractivity contribution in [1.29, 1.82) is 5.41 Å². The highest BCUT2D eigenvalue weighted by atomic mass is 32.2. The van der Waals surface area contributed by atoms with Crippen LogP contribution in [0.3, 0.4) is 0 Å². The van der Waals surface area contributed by atoms with E-state index in [2.05, 4.69) is 29.9 Å². The molecule has 5 N–H and O–H groups in total. The Bertz CT molecular complexity index is 1050. The molecule has 33 heavy (non-hydrogen) atoms. The van der Waals surface area contributed by atoms with Crippen molar-refractivity contribution in [2.24, 2.45) is 0 Å². The molecular weight excluding hydrogens is 432 g/mol. The van der Waals surface area contributed by atoms with Crippen molar-refractivity contribution in [3.63, 3.8) is 0 Å². The van der Waals surface area contributed by atoms with E-state index in [1.165, 1.54) is 11.9 Å². The summed E-state index contributed by atoms with van der Waals surface area (Å²) in [6.45, 7) is 9.25. The Morgan fingerprint density at radius 3 is 2.52 bits per heavy atom. The molecule has 0 aliphatic heterocycles. The number of nitrogen functional groups attached to an aromatic ring is 1. The molecule has 2 aromatic heterocycles. The van der Waals surface area contributed by atoms with E-state index in [-0.39, 0.29) is 0 Å². The Morgan fingerprint density at radius 1 is 1.15 bits per heavy atom. The zero-order chi connectivity index (χ0) is 24.4. The van der Waals surface area contributed by atoms with E-state index in [1.54, 1.807) is 13.1 Å². The van der Waals surface area contributed by atoms with Gasteiger partial charge in [-0.25, -0.2) is 15.0 Å².